The second-order valence-electron chi connectivity index (χ2n) is 4.34. The van der Waals surface area contributed by atoms with Crippen LogP contribution in [0.4, 0.5) is 0 Å². The number of hydrogen-bond donors (Lipinski definition) is 1. The summed E-state index contributed by atoms with van der Waals surface area (Å²) in [6.07, 6.45) is 0.539. The van der Waals surface area contributed by atoms with E-state index >= 15 is 0 Å². The summed E-state index contributed by atoms with van der Waals surface area (Å²) in [4.78, 5) is 0. The van der Waals surface area contributed by atoms with Crippen molar-refractivity contribution >= 4 is 11.6 Å². The summed E-state index contributed by atoms with van der Waals surface area (Å²) in [7, 11) is 0. The van der Waals surface area contributed by atoms with Gasteiger partial charge in [-0.3, -0.25) is 0 Å². The van der Waals surface area contributed by atoms with Gasteiger partial charge in [0.1, 0.15) is 0 Å². The Hall–Kier alpha value is -1.75. The molecule has 96 valence electrons. The molecule has 2 heteroatoms. The van der Waals surface area contributed by atoms with E-state index < -0.39 is 5.60 Å². The molecular weight excluding hydrogens is 256 g/mol. The molecule has 0 aliphatic carbocycles. The lowest BCUT2D eigenvalue weighted by atomic mass is 9.91. The summed E-state index contributed by atoms with van der Waals surface area (Å²) >= 11 is 5.83. The molecule has 2 rings (SSSR count). The third-order valence-electron chi connectivity index (χ3n) is 3.02. The number of aliphatic hydroxyl groups is 1. The maximum Gasteiger partial charge on any atom is 0.151 e. The van der Waals surface area contributed by atoms with Crippen LogP contribution >= 0.6 is 11.6 Å². The zero-order chi connectivity index (χ0) is 13.7. The fraction of sp³-hybridized carbons (Fsp3) is 0.176. The van der Waals surface area contributed by atoms with Crippen LogP contribution in [-0.2, 0) is 5.60 Å². The van der Waals surface area contributed by atoms with Crippen molar-refractivity contribution in [3.05, 3.63) is 70.7 Å². The van der Waals surface area contributed by atoms with E-state index in [-0.39, 0.29) is 0 Å². The van der Waals surface area contributed by atoms with Crippen molar-refractivity contribution in [2.75, 3.05) is 0 Å². The fourth-order valence-electron chi connectivity index (χ4n) is 1.79. The highest BCUT2D eigenvalue weighted by molar-refractivity contribution is 6.30. The smallest absolute Gasteiger partial charge is 0.151 e. The molecule has 2 aromatic rings. The quantitative estimate of drug-likeness (QED) is 0.818. The third-order valence-corrected chi connectivity index (χ3v) is 3.27. The van der Waals surface area contributed by atoms with E-state index in [1.807, 2.05) is 49.4 Å². The van der Waals surface area contributed by atoms with Gasteiger partial charge >= 0.3 is 0 Å². The molecule has 0 heterocycles. The lowest BCUT2D eigenvalue weighted by Crippen LogP contribution is -2.22. The molecule has 0 saturated heterocycles. The molecule has 0 saturated carbocycles. The molecular formula is C17H15ClO. The first-order chi connectivity index (χ1) is 9.14. The van der Waals surface area contributed by atoms with Crippen LogP contribution in [0.5, 0.6) is 0 Å². The lowest BCUT2D eigenvalue weighted by molar-refractivity contribution is 0.0960. The van der Waals surface area contributed by atoms with E-state index in [4.69, 9.17) is 11.6 Å². The number of hydrogen-bond acceptors (Lipinski definition) is 1. The van der Waals surface area contributed by atoms with Crippen LogP contribution in [0.15, 0.2) is 54.6 Å². The normalized spacial score (nSPS) is 13.2. The molecule has 2 aromatic carbocycles. The Kier molecular flexibility index (Phi) is 4.27. The molecule has 0 bridgehead atoms. The standard InChI is InChI=1S/C17H15ClO/c1-2-17(19,15-6-4-3-5-7-15)13-12-14-8-10-16(18)11-9-14/h3-11,19H,2H2,1H3. The van der Waals surface area contributed by atoms with Gasteiger partial charge in [-0.15, -0.1) is 0 Å². The third kappa shape index (κ3) is 3.38. The zero-order valence-electron chi connectivity index (χ0n) is 10.7. The topological polar surface area (TPSA) is 20.2 Å². The van der Waals surface area contributed by atoms with Crippen LogP contribution in [-0.4, -0.2) is 5.11 Å². The molecule has 1 N–H and O–H groups in total. The van der Waals surface area contributed by atoms with Crippen LogP contribution in [0.25, 0.3) is 0 Å². The molecule has 0 amide bonds. The van der Waals surface area contributed by atoms with E-state index in [9.17, 15) is 5.11 Å². The SMILES string of the molecule is CCC(O)(C#Cc1ccc(Cl)cc1)c1ccccc1. The Morgan fingerprint density at radius 3 is 2.26 bits per heavy atom. The van der Waals surface area contributed by atoms with E-state index in [0.29, 0.717) is 11.4 Å². The summed E-state index contributed by atoms with van der Waals surface area (Å²) in [5, 5.41) is 11.3. The molecule has 0 aliphatic rings. The molecule has 0 aromatic heterocycles. The maximum absolute atomic E-state index is 10.6. The predicted octanol–water partition coefficient (Wildman–Crippen LogP) is 3.99. The van der Waals surface area contributed by atoms with E-state index in [1.165, 1.54) is 0 Å². The Labute approximate surface area is 118 Å². The molecule has 19 heavy (non-hydrogen) atoms. The summed E-state index contributed by atoms with van der Waals surface area (Å²) < 4.78 is 0. The highest BCUT2D eigenvalue weighted by atomic mass is 35.5. The van der Waals surface area contributed by atoms with Crippen molar-refractivity contribution < 1.29 is 5.11 Å². The number of halogens is 1. The lowest BCUT2D eigenvalue weighted by Gasteiger charge is -2.20. The van der Waals surface area contributed by atoms with Gasteiger partial charge < -0.3 is 5.11 Å². The Bertz CT molecular complexity index is 593. The van der Waals surface area contributed by atoms with Gasteiger partial charge in [-0.05, 0) is 36.2 Å². The minimum atomic E-state index is -1.11. The molecule has 0 aliphatic heterocycles. The van der Waals surface area contributed by atoms with Gasteiger partial charge in [0.15, 0.2) is 5.60 Å². The predicted molar refractivity (Wildman–Crippen MR) is 79.0 cm³/mol. The maximum atomic E-state index is 10.6. The van der Waals surface area contributed by atoms with Gasteiger partial charge in [-0.25, -0.2) is 0 Å². The monoisotopic (exact) mass is 270 g/mol. The van der Waals surface area contributed by atoms with Crippen molar-refractivity contribution in [2.45, 2.75) is 18.9 Å². The van der Waals surface area contributed by atoms with Crippen LogP contribution in [0, 0.1) is 11.8 Å². The Morgan fingerprint density at radius 1 is 1.05 bits per heavy atom. The van der Waals surface area contributed by atoms with E-state index in [1.54, 1.807) is 12.1 Å². The van der Waals surface area contributed by atoms with Gasteiger partial charge in [0.2, 0.25) is 0 Å². The molecule has 0 radical (unpaired) electrons. The van der Waals surface area contributed by atoms with Crippen LogP contribution in [0.2, 0.25) is 5.02 Å². The first-order valence-corrected chi connectivity index (χ1v) is 6.58. The molecule has 0 spiro atoms. The first kappa shape index (κ1) is 13.7. The van der Waals surface area contributed by atoms with Crippen molar-refractivity contribution in [3.8, 4) is 11.8 Å². The summed E-state index contributed by atoms with van der Waals surface area (Å²) in [6, 6.07) is 16.8. The first-order valence-electron chi connectivity index (χ1n) is 6.21. The summed E-state index contributed by atoms with van der Waals surface area (Å²) in [5.74, 6) is 5.96. The van der Waals surface area contributed by atoms with E-state index in [2.05, 4.69) is 11.8 Å². The zero-order valence-corrected chi connectivity index (χ0v) is 11.5. The van der Waals surface area contributed by atoms with Crippen molar-refractivity contribution in [3.63, 3.8) is 0 Å². The molecule has 1 nitrogen and oxygen atoms in total. The summed E-state index contributed by atoms with van der Waals surface area (Å²) in [5.41, 5.74) is 0.548. The van der Waals surface area contributed by atoms with Gasteiger partial charge in [-0.2, -0.15) is 0 Å². The molecule has 1 atom stereocenters. The van der Waals surface area contributed by atoms with Gasteiger partial charge in [-0.1, -0.05) is 60.7 Å². The Morgan fingerprint density at radius 2 is 1.68 bits per heavy atom. The Balaban J connectivity index is 2.32. The van der Waals surface area contributed by atoms with Crippen LogP contribution in [0.1, 0.15) is 24.5 Å². The minimum absolute atomic E-state index is 0.539. The largest absolute Gasteiger partial charge is 0.373 e. The van der Waals surface area contributed by atoms with Crippen LogP contribution in [0.3, 0.4) is 0 Å². The molecule has 1 unspecified atom stereocenters. The minimum Gasteiger partial charge on any atom is -0.373 e. The average molecular weight is 271 g/mol. The van der Waals surface area contributed by atoms with Gasteiger partial charge in [0.05, 0.1) is 0 Å². The second-order valence-corrected chi connectivity index (χ2v) is 4.77. The van der Waals surface area contributed by atoms with Gasteiger partial charge in [0.25, 0.3) is 0 Å². The van der Waals surface area contributed by atoms with Crippen molar-refractivity contribution in [1.29, 1.82) is 0 Å². The van der Waals surface area contributed by atoms with Crippen molar-refractivity contribution in [2.24, 2.45) is 0 Å². The average Bonchev–Trinajstić information content (AvgIpc) is 2.47. The molecule has 0 fully saturated rings. The van der Waals surface area contributed by atoms with Crippen molar-refractivity contribution in [1.82, 2.24) is 0 Å². The highest BCUT2D eigenvalue weighted by Crippen LogP contribution is 2.23. The van der Waals surface area contributed by atoms with Gasteiger partial charge in [0, 0.05) is 10.6 Å². The fourth-order valence-corrected chi connectivity index (χ4v) is 1.91. The van der Waals surface area contributed by atoms with Crippen LogP contribution < -0.4 is 0 Å². The summed E-state index contributed by atoms with van der Waals surface area (Å²) in [6.45, 7) is 1.92. The number of rotatable bonds is 2. The highest BCUT2D eigenvalue weighted by Gasteiger charge is 2.23. The number of benzene rings is 2. The van der Waals surface area contributed by atoms with E-state index in [0.717, 1.165) is 11.1 Å². The second kappa shape index (κ2) is 5.93.